The van der Waals surface area contributed by atoms with Crippen LogP contribution in [0.1, 0.15) is 36.4 Å². The SMILES string of the molecule is Cc1ccc([C@H]2CCCCN2)cc1I. The van der Waals surface area contributed by atoms with E-state index in [1.165, 1.54) is 40.5 Å². The van der Waals surface area contributed by atoms with E-state index in [9.17, 15) is 0 Å². The summed E-state index contributed by atoms with van der Waals surface area (Å²) in [5.41, 5.74) is 2.84. The van der Waals surface area contributed by atoms with Crippen molar-refractivity contribution in [3.63, 3.8) is 0 Å². The first kappa shape index (κ1) is 10.4. The molecule has 1 aliphatic rings. The van der Waals surface area contributed by atoms with Crippen LogP contribution >= 0.6 is 22.6 Å². The van der Waals surface area contributed by atoms with Crippen LogP contribution in [0, 0.1) is 10.5 Å². The molecule has 0 amide bonds. The van der Waals surface area contributed by atoms with Crippen molar-refractivity contribution in [2.45, 2.75) is 32.2 Å². The summed E-state index contributed by atoms with van der Waals surface area (Å²) in [6.07, 6.45) is 3.99. The van der Waals surface area contributed by atoms with Crippen LogP contribution in [0.4, 0.5) is 0 Å². The monoisotopic (exact) mass is 301 g/mol. The van der Waals surface area contributed by atoms with Crippen molar-refractivity contribution in [1.82, 2.24) is 5.32 Å². The van der Waals surface area contributed by atoms with Crippen molar-refractivity contribution in [3.05, 3.63) is 32.9 Å². The maximum Gasteiger partial charge on any atom is 0.0320 e. The van der Waals surface area contributed by atoms with E-state index in [1.807, 2.05) is 0 Å². The van der Waals surface area contributed by atoms with Gasteiger partial charge < -0.3 is 5.32 Å². The van der Waals surface area contributed by atoms with Gasteiger partial charge in [-0.05, 0) is 66.1 Å². The molecule has 1 aliphatic heterocycles. The van der Waals surface area contributed by atoms with Gasteiger partial charge in [0.15, 0.2) is 0 Å². The summed E-state index contributed by atoms with van der Waals surface area (Å²) in [7, 11) is 0. The lowest BCUT2D eigenvalue weighted by Gasteiger charge is -2.24. The lowest BCUT2D eigenvalue weighted by molar-refractivity contribution is 0.412. The normalized spacial score (nSPS) is 22.3. The van der Waals surface area contributed by atoms with Crippen LogP contribution in [0.3, 0.4) is 0 Å². The van der Waals surface area contributed by atoms with Crippen LogP contribution in [-0.2, 0) is 0 Å². The lowest BCUT2D eigenvalue weighted by atomic mass is 9.97. The summed E-state index contributed by atoms with van der Waals surface area (Å²) in [5.74, 6) is 0. The van der Waals surface area contributed by atoms with Crippen molar-refractivity contribution in [2.24, 2.45) is 0 Å². The maximum absolute atomic E-state index is 3.58. The highest BCUT2D eigenvalue weighted by Gasteiger charge is 2.14. The van der Waals surface area contributed by atoms with E-state index >= 15 is 0 Å². The highest BCUT2D eigenvalue weighted by molar-refractivity contribution is 14.1. The molecule has 1 N–H and O–H groups in total. The Morgan fingerprint density at radius 3 is 2.86 bits per heavy atom. The topological polar surface area (TPSA) is 12.0 Å². The van der Waals surface area contributed by atoms with Crippen molar-refractivity contribution < 1.29 is 0 Å². The van der Waals surface area contributed by atoms with Gasteiger partial charge in [0, 0.05) is 9.61 Å². The Bertz CT molecular complexity index is 316. The van der Waals surface area contributed by atoms with E-state index < -0.39 is 0 Å². The summed E-state index contributed by atoms with van der Waals surface area (Å²) in [6.45, 7) is 3.34. The Morgan fingerprint density at radius 2 is 2.21 bits per heavy atom. The molecule has 1 aromatic rings. The Hall–Kier alpha value is -0.0900. The number of rotatable bonds is 1. The molecule has 1 fully saturated rings. The molecular formula is C12H16IN. The summed E-state index contributed by atoms with van der Waals surface area (Å²) < 4.78 is 1.38. The summed E-state index contributed by atoms with van der Waals surface area (Å²) in [6, 6.07) is 7.41. The molecule has 1 nitrogen and oxygen atoms in total. The molecule has 1 atom stereocenters. The van der Waals surface area contributed by atoms with E-state index in [-0.39, 0.29) is 0 Å². The minimum Gasteiger partial charge on any atom is -0.310 e. The second-order valence-electron chi connectivity index (χ2n) is 4.01. The predicted octanol–water partition coefficient (Wildman–Crippen LogP) is 3.41. The Morgan fingerprint density at radius 1 is 1.36 bits per heavy atom. The zero-order chi connectivity index (χ0) is 9.97. The number of nitrogens with one attached hydrogen (secondary N) is 1. The molecule has 0 unspecified atom stereocenters. The molecule has 1 aromatic carbocycles. The van der Waals surface area contributed by atoms with Gasteiger partial charge in [-0.15, -0.1) is 0 Å². The zero-order valence-corrected chi connectivity index (χ0v) is 10.7. The van der Waals surface area contributed by atoms with E-state index in [0.29, 0.717) is 6.04 Å². The predicted molar refractivity (Wildman–Crippen MR) is 68.5 cm³/mol. The average molecular weight is 301 g/mol. The van der Waals surface area contributed by atoms with Crippen LogP contribution in [0.5, 0.6) is 0 Å². The largest absolute Gasteiger partial charge is 0.310 e. The minimum absolute atomic E-state index is 0.595. The van der Waals surface area contributed by atoms with Crippen LogP contribution in [0.2, 0.25) is 0 Å². The van der Waals surface area contributed by atoms with Crippen LogP contribution in [0.25, 0.3) is 0 Å². The van der Waals surface area contributed by atoms with Gasteiger partial charge in [0.1, 0.15) is 0 Å². The number of halogens is 1. The van der Waals surface area contributed by atoms with Crippen molar-refractivity contribution >= 4 is 22.6 Å². The molecule has 76 valence electrons. The molecule has 2 rings (SSSR count). The standard InChI is InChI=1S/C12H16IN/c1-9-5-6-10(8-11(9)13)12-4-2-3-7-14-12/h5-6,8,12,14H,2-4,7H2,1H3/t12-/m1/s1. The van der Waals surface area contributed by atoms with E-state index in [2.05, 4.69) is 53.0 Å². The van der Waals surface area contributed by atoms with Crippen molar-refractivity contribution in [3.8, 4) is 0 Å². The van der Waals surface area contributed by atoms with Crippen molar-refractivity contribution in [2.75, 3.05) is 6.54 Å². The molecule has 0 aliphatic carbocycles. The van der Waals surface area contributed by atoms with Crippen molar-refractivity contribution in [1.29, 1.82) is 0 Å². The molecule has 0 bridgehead atoms. The van der Waals surface area contributed by atoms with Crippen LogP contribution in [-0.4, -0.2) is 6.54 Å². The summed E-state index contributed by atoms with van der Waals surface area (Å²) >= 11 is 2.42. The lowest BCUT2D eigenvalue weighted by Crippen LogP contribution is -2.26. The van der Waals surface area contributed by atoms with Gasteiger partial charge in [-0.25, -0.2) is 0 Å². The highest BCUT2D eigenvalue weighted by Crippen LogP contribution is 2.25. The first-order chi connectivity index (χ1) is 6.77. The number of hydrogen-bond acceptors (Lipinski definition) is 1. The fourth-order valence-corrected chi connectivity index (χ4v) is 2.50. The molecule has 0 radical (unpaired) electrons. The minimum atomic E-state index is 0.595. The number of aryl methyl sites for hydroxylation is 1. The van der Waals surface area contributed by atoms with Crippen LogP contribution in [0.15, 0.2) is 18.2 Å². The van der Waals surface area contributed by atoms with Gasteiger partial charge in [0.05, 0.1) is 0 Å². The molecule has 0 aromatic heterocycles. The van der Waals surface area contributed by atoms with Gasteiger partial charge >= 0.3 is 0 Å². The smallest absolute Gasteiger partial charge is 0.0320 e. The Labute approximate surface area is 99.4 Å². The average Bonchev–Trinajstić information content (AvgIpc) is 2.23. The van der Waals surface area contributed by atoms with Gasteiger partial charge in [-0.2, -0.15) is 0 Å². The van der Waals surface area contributed by atoms with E-state index in [4.69, 9.17) is 0 Å². The molecule has 14 heavy (non-hydrogen) atoms. The quantitative estimate of drug-likeness (QED) is 0.784. The fraction of sp³-hybridized carbons (Fsp3) is 0.500. The third-order valence-electron chi connectivity index (χ3n) is 2.91. The number of benzene rings is 1. The van der Waals surface area contributed by atoms with Gasteiger partial charge in [-0.1, -0.05) is 18.6 Å². The second-order valence-corrected chi connectivity index (χ2v) is 5.17. The fourth-order valence-electron chi connectivity index (χ4n) is 1.96. The van der Waals surface area contributed by atoms with E-state index in [0.717, 1.165) is 0 Å². The Balaban J connectivity index is 2.18. The highest BCUT2D eigenvalue weighted by atomic mass is 127. The number of hydrogen-bond donors (Lipinski definition) is 1. The number of piperidine rings is 1. The van der Waals surface area contributed by atoms with Gasteiger partial charge in [-0.3, -0.25) is 0 Å². The third-order valence-corrected chi connectivity index (χ3v) is 4.07. The second kappa shape index (κ2) is 4.62. The van der Waals surface area contributed by atoms with Crippen LogP contribution < -0.4 is 5.32 Å². The summed E-state index contributed by atoms with van der Waals surface area (Å²) in [5, 5.41) is 3.58. The zero-order valence-electron chi connectivity index (χ0n) is 8.52. The van der Waals surface area contributed by atoms with Gasteiger partial charge in [0.25, 0.3) is 0 Å². The Kier molecular flexibility index (Phi) is 3.44. The molecular weight excluding hydrogens is 285 g/mol. The molecule has 1 saturated heterocycles. The first-order valence-electron chi connectivity index (χ1n) is 5.27. The summed E-state index contributed by atoms with van der Waals surface area (Å²) in [4.78, 5) is 0. The molecule has 1 heterocycles. The molecule has 0 spiro atoms. The third kappa shape index (κ3) is 2.28. The van der Waals surface area contributed by atoms with E-state index in [1.54, 1.807) is 0 Å². The van der Waals surface area contributed by atoms with Gasteiger partial charge in [0.2, 0.25) is 0 Å². The first-order valence-corrected chi connectivity index (χ1v) is 6.34. The molecule has 0 saturated carbocycles. The maximum atomic E-state index is 3.58. The molecule has 2 heteroatoms.